The van der Waals surface area contributed by atoms with Crippen LogP contribution < -0.4 is 0 Å². The lowest BCUT2D eigenvalue weighted by molar-refractivity contribution is -0.171. The van der Waals surface area contributed by atoms with Gasteiger partial charge in [0.15, 0.2) is 0 Å². The molecule has 32 heteroatoms. The van der Waals surface area contributed by atoms with Gasteiger partial charge in [-0.2, -0.15) is 13.2 Å². The van der Waals surface area contributed by atoms with E-state index in [-0.39, 0.29) is 195 Å². The van der Waals surface area contributed by atoms with E-state index in [1.54, 1.807) is 49.4 Å². The minimum atomic E-state index is -4.33. The fourth-order valence-corrected chi connectivity index (χ4v) is 14.0. The van der Waals surface area contributed by atoms with Crippen molar-refractivity contribution >= 4 is 0 Å². The lowest BCUT2D eigenvalue weighted by Crippen LogP contribution is -2.35. The predicted molar refractivity (Wildman–Crippen MR) is 528 cm³/mol. The Morgan fingerprint density at radius 3 is 0.553 bits per heavy atom. The van der Waals surface area contributed by atoms with Crippen LogP contribution in [-0.2, 0) is 23.7 Å². The first-order chi connectivity index (χ1) is 62.0. The molecule has 0 bridgehead atoms. The molecule has 0 heterocycles. The summed E-state index contributed by atoms with van der Waals surface area (Å²) in [5.74, 6) is 0. The zero-order valence-corrected chi connectivity index (χ0v) is 89.0. The van der Waals surface area contributed by atoms with Crippen LogP contribution in [0.1, 0.15) is 344 Å². The van der Waals surface area contributed by atoms with E-state index in [4.69, 9.17) is 126 Å². The van der Waals surface area contributed by atoms with Gasteiger partial charge in [0, 0.05) is 107 Å². The average molecular weight is 1940 g/mol. The number of hydrogen-bond acceptors (Lipinski definition) is 29. The quantitative estimate of drug-likeness (QED) is 0.0269. The van der Waals surface area contributed by atoms with Crippen LogP contribution in [0.2, 0.25) is 0 Å². The van der Waals surface area contributed by atoms with Crippen LogP contribution in [0, 0.1) is 70.4 Å². The zero-order valence-electron chi connectivity index (χ0n) is 89.0. The van der Waals surface area contributed by atoms with E-state index in [0.29, 0.717) is 45.9 Å². The molecule has 0 aromatic carbocycles. The van der Waals surface area contributed by atoms with E-state index < -0.39 is 52.9 Å². The maximum atomic E-state index is 12.0. The number of aliphatic hydroxyl groups is 24. The lowest BCUT2D eigenvalue weighted by Gasteiger charge is -2.32. The molecule has 24 N–H and O–H groups in total. The molecule has 0 aliphatic carbocycles. The van der Waals surface area contributed by atoms with Gasteiger partial charge in [0.1, 0.15) is 0 Å². The van der Waals surface area contributed by atoms with E-state index in [1.165, 1.54) is 0 Å². The Labute approximate surface area is 803 Å². The number of aliphatic hydroxyl groups excluding tert-OH is 24. The monoisotopic (exact) mass is 1940 g/mol. The van der Waals surface area contributed by atoms with Gasteiger partial charge >= 0.3 is 6.18 Å². The van der Waals surface area contributed by atoms with Gasteiger partial charge in [-0.1, -0.05) is 228 Å². The van der Waals surface area contributed by atoms with Gasteiger partial charge in [-0.05, 0) is 115 Å². The third kappa shape index (κ3) is 81.2. The predicted octanol–water partition coefficient (Wildman–Crippen LogP) is 12.2. The number of unbranched alkanes of at least 4 members (excludes halogenated alkanes) is 2. The highest BCUT2D eigenvalue weighted by Gasteiger charge is 2.42. The molecule has 0 saturated carbocycles. The van der Waals surface area contributed by atoms with Crippen LogP contribution in [0.3, 0.4) is 0 Å². The molecule has 29 nitrogen and oxygen atoms in total. The van der Waals surface area contributed by atoms with Crippen LogP contribution in [0.5, 0.6) is 0 Å². The molecular formula is C100H221F3O29. The molecule has 0 rings (SSSR count). The zero-order chi connectivity index (χ0) is 106. The van der Waals surface area contributed by atoms with Crippen molar-refractivity contribution < 1.29 is 159 Å². The fourth-order valence-electron chi connectivity index (χ4n) is 14.0. The number of halogens is 3. The summed E-state index contributed by atoms with van der Waals surface area (Å²) in [4.78, 5) is 0. The largest absolute Gasteiger partial charge is 0.396 e. The van der Waals surface area contributed by atoms with Gasteiger partial charge in [0.25, 0.3) is 0 Å². The summed E-state index contributed by atoms with van der Waals surface area (Å²) in [7, 11) is 7.92. The first kappa shape index (κ1) is 156. The van der Waals surface area contributed by atoms with Crippen molar-refractivity contribution in [1.82, 2.24) is 0 Å². The van der Waals surface area contributed by atoms with Gasteiger partial charge in [0.2, 0.25) is 0 Å². The van der Waals surface area contributed by atoms with E-state index >= 15 is 0 Å². The molecule has 0 unspecified atom stereocenters. The standard InChI is InChI=1S/C12H26O3.C10H22O2.C9H20O3.2C9H20O2.C8H15F3O2.C8H18O3.C8H18O2.C7H16O3.2C7H16O2.C6H14O3/c1-11(2,3)5-6-12(9-13,10-14)7-8-15-4;1-3-5-7-10(8-11,9-12)6-4-2;1-3-4-5-9(6-10,7-11)8-12-2;2*1-3-5-9(7-10,8-11)6-4-2;1-2-3-7(5-12,6-13)4-8(9,10)11;1-3-4-8(5-9,6-10)7-11-2;1-3-5-8(4-2,6-9)7-10;1-3-7(4-8,5-9)6-10-2;2*1-3-4-7(2,5-8)6-9;1-6(3-7,4-8)5-9-2/h13-14H,5-10H2,1-4H3;11-12H,3-9H2,1-2H3;10-11H,3-8H2,1-2H3;2*10-11H,3-8H2,1-2H3;12-13H,2-6H2,1H3;9-10H,3-7H2,1-2H3;9-10H,3-7H2,1-2H3;8-9H,3-6H2,1-2H3;2*8-9H,3-6H2,1-2H3;7-8H,3-5H2,1-2H3. The van der Waals surface area contributed by atoms with Crippen LogP contribution in [0.15, 0.2) is 0 Å². The molecule has 0 aromatic heterocycles. The summed E-state index contributed by atoms with van der Waals surface area (Å²) in [6.45, 7) is 42.6. The lowest BCUT2D eigenvalue weighted by atomic mass is 9.76. The number of alkyl halides is 3. The summed E-state index contributed by atoms with van der Waals surface area (Å²) in [5.41, 5.74) is -4.63. The Bertz CT molecular complexity index is 2000. The Morgan fingerprint density at radius 1 is 0.182 bits per heavy atom. The Hall–Kier alpha value is -1.37. The van der Waals surface area contributed by atoms with Crippen molar-refractivity contribution in [3.8, 4) is 0 Å². The third-order valence-corrected chi connectivity index (χ3v) is 24.6. The van der Waals surface area contributed by atoms with Gasteiger partial charge in [0.05, 0.1) is 191 Å². The molecule has 816 valence electrons. The second-order valence-electron chi connectivity index (χ2n) is 39.5. The molecule has 0 spiro atoms. The summed E-state index contributed by atoms with van der Waals surface area (Å²) in [6, 6.07) is 0. The van der Waals surface area contributed by atoms with Gasteiger partial charge in [-0.25, -0.2) is 0 Å². The summed E-state index contributed by atoms with van der Waals surface area (Å²) in [6.07, 6.45) is 22.7. The van der Waals surface area contributed by atoms with E-state index in [0.717, 1.165) is 180 Å². The van der Waals surface area contributed by atoms with Crippen LogP contribution >= 0.6 is 0 Å². The highest BCUT2D eigenvalue weighted by molar-refractivity contribution is 4.85. The van der Waals surface area contributed by atoms with Crippen molar-refractivity contribution in [3.63, 3.8) is 0 Å². The second kappa shape index (κ2) is 97.1. The van der Waals surface area contributed by atoms with Crippen LogP contribution in [0.4, 0.5) is 13.2 Å². The number of hydrogen-bond donors (Lipinski definition) is 24. The molecule has 0 atom stereocenters. The Kier molecular flexibility index (Phi) is 115. The van der Waals surface area contributed by atoms with Gasteiger partial charge in [-0.15, -0.1) is 0 Å². The van der Waals surface area contributed by atoms with Crippen molar-refractivity contribution in [2.24, 2.45) is 70.4 Å². The molecule has 0 aliphatic heterocycles. The first-order valence-corrected chi connectivity index (χ1v) is 49.2. The molecular weight excluding hydrogens is 1720 g/mol. The maximum absolute atomic E-state index is 12.0. The fraction of sp³-hybridized carbons (Fsp3) is 1.00. The molecule has 0 aliphatic rings. The van der Waals surface area contributed by atoms with Crippen molar-refractivity contribution in [2.45, 2.75) is 350 Å². The minimum absolute atomic E-state index is 0.00264. The van der Waals surface area contributed by atoms with Crippen molar-refractivity contribution in [2.75, 3.05) is 227 Å². The second-order valence-corrected chi connectivity index (χ2v) is 39.5. The minimum Gasteiger partial charge on any atom is -0.396 e. The highest BCUT2D eigenvalue weighted by Crippen LogP contribution is 2.38. The Morgan fingerprint density at radius 2 is 0.386 bits per heavy atom. The molecule has 132 heavy (non-hydrogen) atoms. The van der Waals surface area contributed by atoms with Gasteiger partial charge in [-0.3, -0.25) is 0 Å². The molecule has 0 aromatic rings. The van der Waals surface area contributed by atoms with Crippen LogP contribution in [-0.4, -0.2) is 356 Å². The smallest absolute Gasteiger partial charge is 0.389 e. The van der Waals surface area contributed by atoms with Crippen LogP contribution in [0.25, 0.3) is 0 Å². The van der Waals surface area contributed by atoms with E-state index in [9.17, 15) is 33.6 Å². The van der Waals surface area contributed by atoms with Crippen molar-refractivity contribution in [1.29, 1.82) is 0 Å². The normalized spacial score (nSPS) is 12.3. The number of methoxy groups -OCH3 is 5. The molecule has 0 amide bonds. The summed E-state index contributed by atoms with van der Waals surface area (Å²) in [5, 5.41) is 215. The van der Waals surface area contributed by atoms with E-state index in [1.807, 2.05) is 48.5 Å². The van der Waals surface area contributed by atoms with E-state index in [2.05, 4.69) is 76.2 Å². The van der Waals surface area contributed by atoms with Crippen molar-refractivity contribution in [3.05, 3.63) is 0 Å². The molecule has 0 saturated heterocycles. The summed E-state index contributed by atoms with van der Waals surface area (Å²) >= 11 is 0. The topological polar surface area (TPSA) is 532 Å². The van der Waals surface area contributed by atoms with Gasteiger partial charge < -0.3 is 146 Å². The molecule has 0 radical (unpaired) electrons. The Balaban J connectivity index is -0.000000119. The third-order valence-electron chi connectivity index (χ3n) is 24.6. The summed E-state index contributed by atoms with van der Waals surface area (Å²) < 4.78 is 60.6. The SMILES string of the molecule is CCC(CO)(CO)COC.CCCC(C)(CO)CO.CCCC(C)(CO)CO.CCCC(CC)(CO)CO.CCCC(CO)(CO)CC(F)(F)F.CCCC(CO)(CO)CCC.CCCC(CO)(CO)CCC.CCCC(CO)(CO)COC.CCCCC(CO)(CO)CCC.CCCCC(CO)(CO)COC.COCC(C)(CO)CO.COCCC(CO)(CO)CCC(C)(C)C. The molecule has 0 fully saturated rings. The first-order valence-electron chi connectivity index (χ1n) is 49.2. The maximum Gasteiger partial charge on any atom is 0.389 e. The number of rotatable bonds is 66. The number of ether oxygens (including phenoxy) is 5. The average Bonchev–Trinajstić information content (AvgIpc) is 0.843. The highest BCUT2D eigenvalue weighted by atomic mass is 19.4.